The molecule has 26 heavy (non-hydrogen) atoms. The van der Waals surface area contributed by atoms with Crippen molar-refractivity contribution in [1.29, 1.82) is 0 Å². The van der Waals surface area contributed by atoms with Crippen molar-refractivity contribution in [1.82, 2.24) is 19.7 Å². The molecule has 0 aliphatic heterocycles. The highest BCUT2D eigenvalue weighted by Gasteiger charge is 2.19. The zero-order valence-electron chi connectivity index (χ0n) is 14.4. The second-order valence-corrected chi connectivity index (χ2v) is 6.49. The highest BCUT2D eigenvalue weighted by Crippen LogP contribution is 2.27. The zero-order valence-corrected chi connectivity index (χ0v) is 15.9. The van der Waals surface area contributed by atoms with Gasteiger partial charge in [-0.05, 0) is 36.4 Å². The van der Waals surface area contributed by atoms with Crippen LogP contribution in [-0.2, 0) is 11.8 Å². The van der Waals surface area contributed by atoms with Gasteiger partial charge in [-0.3, -0.25) is 4.79 Å². The normalized spacial score (nSPS) is 10.9. The van der Waals surface area contributed by atoms with E-state index in [1.165, 1.54) is 0 Å². The van der Waals surface area contributed by atoms with Gasteiger partial charge in [0.05, 0.1) is 28.0 Å². The number of nitrogens with one attached hydrogen (secondary N) is 1. The summed E-state index contributed by atoms with van der Waals surface area (Å²) in [5.74, 6) is -0.249. The second-order valence-electron chi connectivity index (χ2n) is 5.68. The van der Waals surface area contributed by atoms with Crippen LogP contribution in [0.5, 0.6) is 0 Å². The SMILES string of the molecule is COCCNC(=O)c1cc(-c2cccn2C)nn1-c1ccc(Cl)c(Cl)c1. The predicted octanol–water partition coefficient (Wildman–Crippen LogP) is 3.56. The lowest BCUT2D eigenvalue weighted by atomic mass is 10.2. The Hall–Kier alpha value is -2.28. The van der Waals surface area contributed by atoms with Gasteiger partial charge in [0, 0.05) is 26.9 Å². The maximum Gasteiger partial charge on any atom is 0.270 e. The van der Waals surface area contributed by atoms with Gasteiger partial charge in [-0.25, -0.2) is 4.68 Å². The van der Waals surface area contributed by atoms with Gasteiger partial charge >= 0.3 is 0 Å². The molecule has 0 spiro atoms. The van der Waals surface area contributed by atoms with E-state index in [1.807, 2.05) is 29.9 Å². The molecule has 6 nitrogen and oxygen atoms in total. The molecule has 0 atom stereocenters. The van der Waals surface area contributed by atoms with Crippen LogP contribution in [0.1, 0.15) is 10.5 Å². The van der Waals surface area contributed by atoms with Crippen LogP contribution in [0.25, 0.3) is 17.1 Å². The molecule has 8 heteroatoms. The number of nitrogens with zero attached hydrogens (tertiary/aromatic N) is 3. The van der Waals surface area contributed by atoms with Crippen molar-refractivity contribution in [2.75, 3.05) is 20.3 Å². The summed E-state index contributed by atoms with van der Waals surface area (Å²) in [4.78, 5) is 12.6. The number of carbonyl (C=O) groups excluding carboxylic acids is 1. The fraction of sp³-hybridized carbons (Fsp3) is 0.222. The molecular weight excluding hydrogens is 375 g/mol. The Morgan fingerprint density at radius 3 is 2.69 bits per heavy atom. The average molecular weight is 393 g/mol. The molecule has 0 fully saturated rings. The molecule has 0 saturated heterocycles. The van der Waals surface area contributed by atoms with Crippen LogP contribution in [0.4, 0.5) is 0 Å². The number of benzene rings is 1. The lowest BCUT2D eigenvalue weighted by molar-refractivity contribution is 0.0929. The van der Waals surface area contributed by atoms with Crippen molar-refractivity contribution in [3.05, 3.63) is 58.3 Å². The molecule has 0 saturated carbocycles. The predicted molar refractivity (Wildman–Crippen MR) is 102 cm³/mol. The van der Waals surface area contributed by atoms with E-state index >= 15 is 0 Å². The molecule has 1 amide bonds. The minimum Gasteiger partial charge on any atom is -0.383 e. The summed E-state index contributed by atoms with van der Waals surface area (Å²) in [6.07, 6.45) is 1.92. The van der Waals surface area contributed by atoms with E-state index in [9.17, 15) is 4.79 Å². The molecule has 0 unspecified atom stereocenters. The number of hydrogen-bond donors (Lipinski definition) is 1. The quantitative estimate of drug-likeness (QED) is 0.652. The third-order valence-corrected chi connectivity index (χ3v) is 4.63. The number of ether oxygens (including phenoxy) is 1. The molecule has 0 aliphatic carbocycles. The highest BCUT2D eigenvalue weighted by molar-refractivity contribution is 6.42. The summed E-state index contributed by atoms with van der Waals surface area (Å²) in [5, 5.41) is 8.26. The molecule has 0 bridgehead atoms. The van der Waals surface area contributed by atoms with Crippen LogP contribution in [0.15, 0.2) is 42.6 Å². The van der Waals surface area contributed by atoms with Crippen molar-refractivity contribution in [3.8, 4) is 17.1 Å². The molecule has 2 aromatic heterocycles. The first kappa shape index (κ1) is 18.5. The zero-order chi connectivity index (χ0) is 18.7. The summed E-state index contributed by atoms with van der Waals surface area (Å²) < 4.78 is 8.48. The number of methoxy groups -OCH3 is 1. The van der Waals surface area contributed by atoms with Crippen LogP contribution in [0, 0.1) is 0 Å². The minimum absolute atomic E-state index is 0.249. The molecule has 0 radical (unpaired) electrons. The maximum atomic E-state index is 12.6. The van der Waals surface area contributed by atoms with Crippen LogP contribution in [-0.4, -0.2) is 40.5 Å². The summed E-state index contributed by atoms with van der Waals surface area (Å²) in [6, 6.07) is 10.7. The fourth-order valence-corrected chi connectivity index (χ4v) is 2.86. The van der Waals surface area contributed by atoms with Crippen molar-refractivity contribution in [2.24, 2.45) is 7.05 Å². The van der Waals surface area contributed by atoms with Gasteiger partial charge in [0.25, 0.3) is 5.91 Å². The largest absolute Gasteiger partial charge is 0.383 e. The Morgan fingerprint density at radius 1 is 1.23 bits per heavy atom. The third-order valence-electron chi connectivity index (χ3n) is 3.89. The van der Waals surface area contributed by atoms with Crippen molar-refractivity contribution in [2.45, 2.75) is 0 Å². The average Bonchev–Trinajstić information content (AvgIpc) is 3.23. The maximum absolute atomic E-state index is 12.6. The van der Waals surface area contributed by atoms with Gasteiger partial charge in [0.2, 0.25) is 0 Å². The van der Waals surface area contributed by atoms with Crippen LogP contribution in [0.2, 0.25) is 10.0 Å². The van der Waals surface area contributed by atoms with Crippen LogP contribution < -0.4 is 5.32 Å². The van der Waals surface area contributed by atoms with E-state index in [0.29, 0.717) is 40.3 Å². The Labute approximate surface area is 161 Å². The van der Waals surface area contributed by atoms with E-state index in [4.69, 9.17) is 27.9 Å². The highest BCUT2D eigenvalue weighted by atomic mass is 35.5. The Bertz CT molecular complexity index is 933. The van der Waals surface area contributed by atoms with Crippen LogP contribution in [0.3, 0.4) is 0 Å². The topological polar surface area (TPSA) is 61.1 Å². The third kappa shape index (κ3) is 3.77. The number of rotatable bonds is 6. The van der Waals surface area contributed by atoms with Gasteiger partial charge in [0.1, 0.15) is 11.4 Å². The summed E-state index contributed by atoms with van der Waals surface area (Å²) in [6.45, 7) is 0.832. The first-order valence-corrected chi connectivity index (χ1v) is 8.71. The number of halogens is 2. The fourth-order valence-electron chi connectivity index (χ4n) is 2.57. The lowest BCUT2D eigenvalue weighted by Gasteiger charge is -2.09. The van der Waals surface area contributed by atoms with Crippen molar-refractivity contribution < 1.29 is 9.53 Å². The minimum atomic E-state index is -0.249. The van der Waals surface area contributed by atoms with E-state index in [-0.39, 0.29) is 5.91 Å². The molecular formula is C18H18Cl2N4O2. The summed E-state index contributed by atoms with van der Waals surface area (Å²) >= 11 is 12.1. The Balaban J connectivity index is 2.05. The van der Waals surface area contributed by atoms with E-state index < -0.39 is 0 Å². The summed E-state index contributed by atoms with van der Waals surface area (Å²) in [5.41, 5.74) is 2.63. The molecule has 0 aliphatic rings. The van der Waals surface area contributed by atoms with Crippen LogP contribution >= 0.6 is 23.2 Å². The van der Waals surface area contributed by atoms with Crippen molar-refractivity contribution in [3.63, 3.8) is 0 Å². The Kier molecular flexibility index (Phi) is 5.66. The standard InChI is InChI=1S/C18H18Cl2N4O2/c1-23-8-3-4-16(23)15-11-17(18(25)21-7-9-26-2)24(22-15)12-5-6-13(19)14(20)10-12/h3-6,8,10-11H,7,9H2,1-2H3,(H,21,25). The Morgan fingerprint density at radius 2 is 2.04 bits per heavy atom. The molecule has 1 aromatic carbocycles. The lowest BCUT2D eigenvalue weighted by Crippen LogP contribution is -2.28. The first-order valence-electron chi connectivity index (χ1n) is 7.95. The number of carbonyl (C=O) groups is 1. The molecule has 2 heterocycles. The van der Waals surface area contributed by atoms with Crippen molar-refractivity contribution >= 4 is 29.1 Å². The van der Waals surface area contributed by atoms with E-state index in [2.05, 4.69) is 10.4 Å². The van der Waals surface area contributed by atoms with E-state index in [0.717, 1.165) is 5.69 Å². The van der Waals surface area contributed by atoms with Gasteiger partial charge in [-0.2, -0.15) is 5.10 Å². The van der Waals surface area contributed by atoms with Gasteiger partial charge in [-0.15, -0.1) is 0 Å². The first-order chi connectivity index (χ1) is 12.5. The van der Waals surface area contributed by atoms with E-state index in [1.54, 1.807) is 36.1 Å². The smallest absolute Gasteiger partial charge is 0.270 e. The molecule has 3 rings (SSSR count). The van der Waals surface area contributed by atoms with Gasteiger partial charge in [-0.1, -0.05) is 23.2 Å². The molecule has 136 valence electrons. The van der Waals surface area contributed by atoms with Gasteiger partial charge in [0.15, 0.2) is 0 Å². The summed E-state index contributed by atoms with van der Waals surface area (Å²) in [7, 11) is 3.51. The number of amides is 1. The number of aryl methyl sites for hydroxylation is 1. The second kappa shape index (κ2) is 7.95. The monoisotopic (exact) mass is 392 g/mol. The number of aromatic nitrogens is 3. The number of hydrogen-bond acceptors (Lipinski definition) is 3. The molecule has 1 N–H and O–H groups in total. The molecule has 3 aromatic rings. The van der Waals surface area contributed by atoms with Gasteiger partial charge < -0.3 is 14.6 Å².